The summed E-state index contributed by atoms with van der Waals surface area (Å²) in [6.45, 7) is 0. The highest BCUT2D eigenvalue weighted by Crippen LogP contribution is 2.42. The molecule has 2 aromatic heterocycles. The van der Waals surface area contributed by atoms with E-state index >= 15 is 0 Å². The zero-order valence-electron chi connectivity index (χ0n) is 26.6. The smallest absolute Gasteiger partial charge is 0.143 e. The van der Waals surface area contributed by atoms with Gasteiger partial charge in [0.05, 0.1) is 11.0 Å². The zero-order valence-corrected chi connectivity index (χ0v) is 26.6. The predicted molar refractivity (Wildman–Crippen MR) is 206 cm³/mol. The minimum Gasteiger partial charge on any atom is -0.455 e. The summed E-state index contributed by atoms with van der Waals surface area (Å²) in [4.78, 5) is 2.35. The minimum absolute atomic E-state index is 0.914. The van der Waals surface area contributed by atoms with E-state index < -0.39 is 0 Å². The highest BCUT2D eigenvalue weighted by Gasteiger charge is 2.19. The summed E-state index contributed by atoms with van der Waals surface area (Å²) in [7, 11) is 0. The third-order valence-electron chi connectivity index (χ3n) is 9.77. The molecule has 2 heterocycles. The van der Waals surface area contributed by atoms with Crippen LogP contribution in [0.2, 0.25) is 0 Å². The minimum atomic E-state index is 0.914. The van der Waals surface area contributed by atoms with Crippen molar-refractivity contribution in [2.45, 2.75) is 0 Å². The van der Waals surface area contributed by atoms with E-state index in [0.717, 1.165) is 50.1 Å². The maximum absolute atomic E-state index is 6.38. The summed E-state index contributed by atoms with van der Waals surface area (Å²) in [5, 5.41) is 7.07. The molecule has 0 unspecified atom stereocenters. The topological polar surface area (TPSA) is 21.3 Å². The van der Waals surface area contributed by atoms with Gasteiger partial charge in [-0.1, -0.05) is 115 Å². The molecule has 0 atom stereocenters. The van der Waals surface area contributed by atoms with Gasteiger partial charge in [0.2, 0.25) is 0 Å². The Kier molecular flexibility index (Phi) is 6.18. The lowest BCUT2D eigenvalue weighted by atomic mass is 9.95. The van der Waals surface area contributed by atoms with Gasteiger partial charge in [0.15, 0.2) is 0 Å². The molecule has 3 nitrogen and oxygen atoms in total. The molecule has 0 saturated carbocycles. The molecule has 0 radical (unpaired) electrons. The number of para-hydroxylation sites is 4. The van der Waals surface area contributed by atoms with Gasteiger partial charge in [-0.05, 0) is 83.2 Å². The molecule has 0 bridgehead atoms. The van der Waals surface area contributed by atoms with E-state index in [0.29, 0.717) is 0 Å². The number of fused-ring (bicyclic) bond motifs is 8. The van der Waals surface area contributed by atoms with Crippen LogP contribution in [0.5, 0.6) is 0 Å². The number of hydrogen-bond acceptors (Lipinski definition) is 2. The number of hydrogen-bond donors (Lipinski definition) is 0. The Bertz CT molecular complexity index is 2810. The van der Waals surface area contributed by atoms with E-state index in [1.54, 1.807) is 0 Å². The van der Waals surface area contributed by atoms with Crippen LogP contribution in [-0.4, -0.2) is 4.57 Å². The number of rotatable bonds is 5. The molecule has 3 heteroatoms. The maximum Gasteiger partial charge on any atom is 0.143 e. The van der Waals surface area contributed by atoms with Crippen LogP contribution in [0.4, 0.5) is 17.1 Å². The first-order valence-electron chi connectivity index (χ1n) is 16.7. The first-order chi connectivity index (χ1) is 24.3. The summed E-state index contributed by atoms with van der Waals surface area (Å²) in [5.74, 6) is 0. The van der Waals surface area contributed by atoms with Crippen LogP contribution in [0.25, 0.3) is 71.3 Å². The lowest BCUT2D eigenvalue weighted by molar-refractivity contribution is 0.672. The molecule has 0 amide bonds. The van der Waals surface area contributed by atoms with Gasteiger partial charge in [-0.2, -0.15) is 0 Å². The number of nitrogens with zero attached hydrogens (tertiary/aromatic N) is 2. The van der Waals surface area contributed by atoms with Crippen molar-refractivity contribution in [1.29, 1.82) is 0 Å². The quantitative estimate of drug-likeness (QED) is 0.190. The van der Waals surface area contributed by atoms with Crippen molar-refractivity contribution >= 4 is 71.6 Å². The molecule has 0 saturated heterocycles. The van der Waals surface area contributed by atoms with Crippen LogP contribution >= 0.6 is 0 Å². The fourth-order valence-corrected chi connectivity index (χ4v) is 7.55. The third-order valence-corrected chi connectivity index (χ3v) is 9.77. The van der Waals surface area contributed by atoms with Crippen LogP contribution in [0.1, 0.15) is 0 Å². The Balaban J connectivity index is 1.15. The van der Waals surface area contributed by atoms with Crippen molar-refractivity contribution in [3.63, 3.8) is 0 Å². The number of furan rings is 1. The molecule has 0 aliphatic rings. The van der Waals surface area contributed by atoms with E-state index in [4.69, 9.17) is 4.42 Å². The molecular formula is C46H30N2O. The van der Waals surface area contributed by atoms with Crippen molar-refractivity contribution in [3.05, 3.63) is 182 Å². The first-order valence-corrected chi connectivity index (χ1v) is 16.7. The molecule has 0 spiro atoms. The van der Waals surface area contributed by atoms with Crippen LogP contribution in [0, 0.1) is 0 Å². The second kappa shape index (κ2) is 11.0. The molecular weight excluding hydrogens is 597 g/mol. The Hall–Kier alpha value is -6.58. The largest absolute Gasteiger partial charge is 0.455 e. The van der Waals surface area contributed by atoms with Gasteiger partial charge in [-0.25, -0.2) is 0 Å². The second-order valence-corrected chi connectivity index (χ2v) is 12.6. The summed E-state index contributed by atoms with van der Waals surface area (Å²) >= 11 is 0. The molecule has 10 rings (SSSR count). The molecule has 8 aromatic carbocycles. The average Bonchev–Trinajstić information content (AvgIpc) is 3.71. The zero-order chi connectivity index (χ0) is 32.3. The lowest BCUT2D eigenvalue weighted by Gasteiger charge is -2.26. The van der Waals surface area contributed by atoms with Crippen molar-refractivity contribution in [2.24, 2.45) is 0 Å². The Morgan fingerprint density at radius 2 is 0.980 bits per heavy atom. The van der Waals surface area contributed by atoms with Gasteiger partial charge in [-0.3, -0.25) is 0 Å². The van der Waals surface area contributed by atoms with Gasteiger partial charge in [0.1, 0.15) is 11.2 Å². The monoisotopic (exact) mass is 626 g/mol. The Labute approximate surface area is 283 Å². The van der Waals surface area contributed by atoms with Gasteiger partial charge >= 0.3 is 0 Å². The summed E-state index contributed by atoms with van der Waals surface area (Å²) < 4.78 is 8.76. The van der Waals surface area contributed by atoms with E-state index in [1.165, 1.54) is 38.3 Å². The number of anilines is 3. The SMILES string of the molecule is c1ccc(N(c2ccc(-c3cc4c5ccccc5oc4c4ccccc34)cc2)c2ccc3c4ccccc4n(-c4ccccc4)c3c2)cc1. The summed E-state index contributed by atoms with van der Waals surface area (Å²) in [6, 6.07) is 64.9. The van der Waals surface area contributed by atoms with Crippen LogP contribution in [0.3, 0.4) is 0 Å². The van der Waals surface area contributed by atoms with Gasteiger partial charge in [0.25, 0.3) is 0 Å². The third kappa shape index (κ3) is 4.37. The molecule has 10 aromatic rings. The molecule has 0 aliphatic carbocycles. The van der Waals surface area contributed by atoms with E-state index in [-0.39, 0.29) is 0 Å². The van der Waals surface area contributed by atoms with Crippen molar-refractivity contribution in [3.8, 4) is 16.8 Å². The van der Waals surface area contributed by atoms with Gasteiger partial charge < -0.3 is 13.9 Å². The molecule has 0 N–H and O–H groups in total. The highest BCUT2D eigenvalue weighted by molar-refractivity contribution is 6.19. The molecule has 0 fully saturated rings. The molecule has 49 heavy (non-hydrogen) atoms. The first kappa shape index (κ1) is 27.5. The van der Waals surface area contributed by atoms with Gasteiger partial charge in [0, 0.05) is 49.7 Å². The Morgan fingerprint density at radius 3 is 1.78 bits per heavy atom. The summed E-state index contributed by atoms with van der Waals surface area (Å²) in [6.07, 6.45) is 0. The normalized spacial score (nSPS) is 11.7. The number of benzene rings is 8. The lowest BCUT2D eigenvalue weighted by Crippen LogP contribution is -2.10. The van der Waals surface area contributed by atoms with E-state index in [9.17, 15) is 0 Å². The van der Waals surface area contributed by atoms with Crippen LogP contribution in [0.15, 0.2) is 186 Å². The van der Waals surface area contributed by atoms with E-state index in [1.807, 2.05) is 12.1 Å². The fourth-order valence-electron chi connectivity index (χ4n) is 7.55. The highest BCUT2D eigenvalue weighted by atomic mass is 16.3. The summed E-state index contributed by atoms with van der Waals surface area (Å²) in [5.41, 5.74) is 11.0. The van der Waals surface area contributed by atoms with Crippen LogP contribution in [-0.2, 0) is 0 Å². The van der Waals surface area contributed by atoms with E-state index in [2.05, 4.69) is 179 Å². The van der Waals surface area contributed by atoms with Crippen molar-refractivity contribution in [1.82, 2.24) is 4.57 Å². The molecule has 0 aliphatic heterocycles. The second-order valence-electron chi connectivity index (χ2n) is 12.6. The standard InChI is InChI=1S/C46H30N2O/c1-3-13-32(14-4-1)47(35-27-28-38-37-18-9-11-21-43(37)48(44(38)29-35)33-15-5-2-6-16-33)34-25-23-31(24-26-34)41-30-42-39-19-10-12-22-45(39)49-46(42)40-20-8-7-17-36(40)41/h1-30H. The Morgan fingerprint density at radius 1 is 0.388 bits per heavy atom. The van der Waals surface area contributed by atoms with Gasteiger partial charge in [-0.15, -0.1) is 0 Å². The predicted octanol–water partition coefficient (Wildman–Crippen LogP) is 13.0. The maximum atomic E-state index is 6.38. The number of aromatic nitrogens is 1. The average molecular weight is 627 g/mol. The van der Waals surface area contributed by atoms with Crippen molar-refractivity contribution < 1.29 is 4.42 Å². The van der Waals surface area contributed by atoms with Crippen LogP contribution < -0.4 is 4.90 Å². The molecule has 230 valence electrons. The fraction of sp³-hybridized carbons (Fsp3) is 0. The van der Waals surface area contributed by atoms with Crippen molar-refractivity contribution in [2.75, 3.05) is 4.90 Å².